The first-order chi connectivity index (χ1) is 5.66. The van der Waals surface area contributed by atoms with Crippen molar-refractivity contribution in [3.05, 3.63) is 0 Å². The standard InChI is InChI=1S/C9H20N2O/c1-8(5-10)6-11-9(2)3-4-12-7-9/h8,11H,3-7,10H2,1-2H3. The Morgan fingerprint density at radius 1 is 1.67 bits per heavy atom. The lowest BCUT2D eigenvalue weighted by atomic mass is 10.0. The molecule has 1 aliphatic rings. The molecule has 3 nitrogen and oxygen atoms in total. The van der Waals surface area contributed by atoms with Crippen LogP contribution in [0, 0.1) is 5.92 Å². The van der Waals surface area contributed by atoms with Crippen molar-refractivity contribution in [1.29, 1.82) is 0 Å². The van der Waals surface area contributed by atoms with Crippen molar-refractivity contribution >= 4 is 0 Å². The van der Waals surface area contributed by atoms with Crippen LogP contribution in [-0.2, 0) is 4.74 Å². The van der Waals surface area contributed by atoms with Crippen molar-refractivity contribution in [2.45, 2.75) is 25.8 Å². The molecule has 72 valence electrons. The van der Waals surface area contributed by atoms with Crippen LogP contribution in [0.15, 0.2) is 0 Å². The smallest absolute Gasteiger partial charge is 0.0646 e. The second kappa shape index (κ2) is 4.21. The summed E-state index contributed by atoms with van der Waals surface area (Å²) in [7, 11) is 0. The van der Waals surface area contributed by atoms with E-state index in [0.29, 0.717) is 5.92 Å². The predicted molar refractivity (Wildman–Crippen MR) is 50.1 cm³/mol. The number of nitrogens with one attached hydrogen (secondary N) is 1. The van der Waals surface area contributed by atoms with Gasteiger partial charge in [-0.05, 0) is 32.4 Å². The molecule has 2 atom stereocenters. The molecule has 1 saturated heterocycles. The minimum absolute atomic E-state index is 0.198. The first-order valence-corrected chi connectivity index (χ1v) is 4.69. The predicted octanol–water partition coefficient (Wildman–Crippen LogP) is 0.350. The number of hydrogen-bond acceptors (Lipinski definition) is 3. The van der Waals surface area contributed by atoms with Crippen molar-refractivity contribution in [1.82, 2.24) is 5.32 Å². The van der Waals surface area contributed by atoms with Crippen LogP contribution in [-0.4, -0.2) is 31.8 Å². The lowest BCUT2D eigenvalue weighted by molar-refractivity contribution is 0.170. The number of rotatable bonds is 4. The van der Waals surface area contributed by atoms with Gasteiger partial charge in [0.25, 0.3) is 0 Å². The van der Waals surface area contributed by atoms with Crippen LogP contribution >= 0.6 is 0 Å². The Morgan fingerprint density at radius 3 is 2.92 bits per heavy atom. The van der Waals surface area contributed by atoms with Gasteiger partial charge >= 0.3 is 0 Å². The summed E-state index contributed by atoms with van der Waals surface area (Å²) in [4.78, 5) is 0. The van der Waals surface area contributed by atoms with Crippen LogP contribution in [0.2, 0.25) is 0 Å². The molecule has 0 aliphatic carbocycles. The van der Waals surface area contributed by atoms with Gasteiger partial charge in [0.05, 0.1) is 6.61 Å². The van der Waals surface area contributed by atoms with E-state index in [4.69, 9.17) is 10.5 Å². The van der Waals surface area contributed by atoms with Crippen molar-refractivity contribution in [3.8, 4) is 0 Å². The minimum atomic E-state index is 0.198. The van der Waals surface area contributed by atoms with Crippen molar-refractivity contribution in [2.75, 3.05) is 26.3 Å². The van der Waals surface area contributed by atoms with Gasteiger partial charge in [-0.2, -0.15) is 0 Å². The fourth-order valence-electron chi connectivity index (χ4n) is 1.31. The Labute approximate surface area is 74.7 Å². The average Bonchev–Trinajstić information content (AvgIpc) is 2.49. The fourth-order valence-corrected chi connectivity index (χ4v) is 1.31. The minimum Gasteiger partial charge on any atom is -0.379 e. The molecule has 3 heteroatoms. The Balaban J connectivity index is 2.21. The van der Waals surface area contributed by atoms with Gasteiger partial charge < -0.3 is 15.8 Å². The number of hydrogen-bond donors (Lipinski definition) is 2. The van der Waals surface area contributed by atoms with Gasteiger partial charge in [0.2, 0.25) is 0 Å². The normalized spacial score (nSPS) is 32.2. The van der Waals surface area contributed by atoms with Gasteiger partial charge in [0.1, 0.15) is 0 Å². The van der Waals surface area contributed by atoms with E-state index in [9.17, 15) is 0 Å². The van der Waals surface area contributed by atoms with Gasteiger partial charge in [-0.15, -0.1) is 0 Å². The third kappa shape index (κ3) is 2.73. The topological polar surface area (TPSA) is 47.3 Å². The Kier molecular flexibility index (Phi) is 3.50. The fraction of sp³-hybridized carbons (Fsp3) is 1.00. The molecule has 0 aromatic heterocycles. The molecule has 2 unspecified atom stereocenters. The van der Waals surface area contributed by atoms with Crippen LogP contribution in [0.25, 0.3) is 0 Å². The third-order valence-corrected chi connectivity index (χ3v) is 2.50. The summed E-state index contributed by atoms with van der Waals surface area (Å²) >= 11 is 0. The Morgan fingerprint density at radius 2 is 2.42 bits per heavy atom. The summed E-state index contributed by atoms with van der Waals surface area (Å²) in [6.07, 6.45) is 1.12. The maximum atomic E-state index is 5.53. The van der Waals surface area contributed by atoms with E-state index in [0.717, 1.165) is 32.7 Å². The lowest BCUT2D eigenvalue weighted by Gasteiger charge is -2.25. The first-order valence-electron chi connectivity index (χ1n) is 4.69. The summed E-state index contributed by atoms with van der Waals surface area (Å²) in [5, 5.41) is 3.50. The highest BCUT2D eigenvalue weighted by atomic mass is 16.5. The second-order valence-electron chi connectivity index (χ2n) is 4.09. The molecule has 0 saturated carbocycles. The van der Waals surface area contributed by atoms with E-state index in [-0.39, 0.29) is 5.54 Å². The number of ether oxygens (including phenoxy) is 1. The molecule has 0 amide bonds. The summed E-state index contributed by atoms with van der Waals surface area (Å²) in [6, 6.07) is 0. The zero-order valence-electron chi connectivity index (χ0n) is 8.10. The van der Waals surface area contributed by atoms with Crippen LogP contribution in [0.1, 0.15) is 20.3 Å². The monoisotopic (exact) mass is 172 g/mol. The molecule has 0 aromatic carbocycles. The van der Waals surface area contributed by atoms with E-state index in [1.807, 2.05) is 0 Å². The second-order valence-corrected chi connectivity index (χ2v) is 4.09. The SMILES string of the molecule is CC(CN)CNC1(C)CCOC1. The maximum absolute atomic E-state index is 5.53. The molecule has 0 spiro atoms. The number of nitrogens with two attached hydrogens (primary N) is 1. The van der Waals surface area contributed by atoms with Gasteiger partial charge in [0, 0.05) is 12.1 Å². The summed E-state index contributed by atoms with van der Waals surface area (Å²) in [6.45, 7) is 7.85. The zero-order chi connectivity index (χ0) is 9.03. The molecule has 12 heavy (non-hydrogen) atoms. The highest BCUT2D eigenvalue weighted by Crippen LogP contribution is 2.17. The molecule has 0 radical (unpaired) electrons. The van der Waals surface area contributed by atoms with Gasteiger partial charge in [0.15, 0.2) is 0 Å². The highest BCUT2D eigenvalue weighted by molar-refractivity contribution is 4.87. The highest BCUT2D eigenvalue weighted by Gasteiger charge is 2.28. The Bertz CT molecular complexity index is 132. The molecular weight excluding hydrogens is 152 g/mol. The van der Waals surface area contributed by atoms with Crippen molar-refractivity contribution in [3.63, 3.8) is 0 Å². The van der Waals surface area contributed by atoms with Gasteiger partial charge in [-0.1, -0.05) is 6.92 Å². The molecule has 3 N–H and O–H groups in total. The van der Waals surface area contributed by atoms with Crippen LogP contribution < -0.4 is 11.1 Å². The van der Waals surface area contributed by atoms with E-state index in [1.54, 1.807) is 0 Å². The maximum Gasteiger partial charge on any atom is 0.0646 e. The van der Waals surface area contributed by atoms with Crippen LogP contribution in [0.4, 0.5) is 0 Å². The first kappa shape index (κ1) is 9.96. The largest absolute Gasteiger partial charge is 0.379 e. The van der Waals surface area contributed by atoms with Gasteiger partial charge in [-0.3, -0.25) is 0 Å². The molecular formula is C9H20N2O. The third-order valence-electron chi connectivity index (χ3n) is 2.50. The van der Waals surface area contributed by atoms with E-state index in [2.05, 4.69) is 19.2 Å². The summed E-state index contributed by atoms with van der Waals surface area (Å²) < 4.78 is 5.33. The van der Waals surface area contributed by atoms with Gasteiger partial charge in [-0.25, -0.2) is 0 Å². The zero-order valence-corrected chi connectivity index (χ0v) is 8.10. The Hall–Kier alpha value is -0.120. The van der Waals surface area contributed by atoms with E-state index < -0.39 is 0 Å². The lowest BCUT2D eigenvalue weighted by Crippen LogP contribution is -2.45. The summed E-state index contributed by atoms with van der Waals surface area (Å²) in [5.74, 6) is 0.558. The van der Waals surface area contributed by atoms with E-state index >= 15 is 0 Å². The average molecular weight is 172 g/mol. The van der Waals surface area contributed by atoms with E-state index in [1.165, 1.54) is 0 Å². The summed E-state index contributed by atoms with van der Waals surface area (Å²) in [5.41, 5.74) is 5.73. The van der Waals surface area contributed by atoms with Crippen LogP contribution in [0.5, 0.6) is 0 Å². The van der Waals surface area contributed by atoms with Crippen molar-refractivity contribution < 1.29 is 4.74 Å². The van der Waals surface area contributed by atoms with Crippen LogP contribution in [0.3, 0.4) is 0 Å². The molecule has 1 aliphatic heterocycles. The quantitative estimate of drug-likeness (QED) is 0.643. The molecule has 1 fully saturated rings. The molecule has 1 heterocycles. The molecule has 1 rings (SSSR count). The molecule has 0 aromatic rings. The molecule has 0 bridgehead atoms. The van der Waals surface area contributed by atoms with Crippen molar-refractivity contribution in [2.24, 2.45) is 11.7 Å².